The van der Waals surface area contributed by atoms with Gasteiger partial charge in [0.15, 0.2) is 0 Å². The van der Waals surface area contributed by atoms with Gasteiger partial charge in [-0.15, -0.1) is 0 Å². The molecular weight excluding hydrogens is 464 g/mol. The minimum Gasteiger partial charge on any atom is -0.506 e. The summed E-state index contributed by atoms with van der Waals surface area (Å²) in [6, 6.07) is 24.1. The summed E-state index contributed by atoms with van der Waals surface area (Å²) in [6.45, 7) is 0.329. The maximum absolute atomic E-state index is 12.9. The molecule has 0 saturated carbocycles. The lowest BCUT2D eigenvalue weighted by molar-refractivity contribution is 0.0945. The van der Waals surface area contributed by atoms with Crippen LogP contribution in [-0.4, -0.2) is 23.1 Å². The molecule has 0 aromatic heterocycles. The Kier molecular flexibility index (Phi) is 7.05. The fraction of sp³-hybridized carbons (Fsp3) is 0.0370. The van der Waals surface area contributed by atoms with Crippen LogP contribution >= 0.6 is 11.6 Å². The van der Waals surface area contributed by atoms with Gasteiger partial charge in [0.25, 0.3) is 11.8 Å². The third kappa shape index (κ3) is 5.46. The predicted molar refractivity (Wildman–Crippen MR) is 134 cm³/mol. The van der Waals surface area contributed by atoms with E-state index in [0.29, 0.717) is 23.2 Å². The fourth-order valence-electron chi connectivity index (χ4n) is 3.48. The highest BCUT2D eigenvalue weighted by molar-refractivity contribution is 6.32. The van der Waals surface area contributed by atoms with Crippen molar-refractivity contribution in [3.8, 4) is 11.8 Å². The van der Waals surface area contributed by atoms with E-state index in [1.807, 2.05) is 24.3 Å². The highest BCUT2D eigenvalue weighted by atomic mass is 35.5. The van der Waals surface area contributed by atoms with Gasteiger partial charge in [-0.25, -0.2) is 5.43 Å². The standard InChI is InChI=1S/C27H19ClN4O3/c28-24-13-19(10-12-25(24)33)26(34)32-31-16-20-9-11-23(22-4-2-1-3-21(20)22)27(35)30-15-18-7-5-17(14-29)6-8-18/h1-13,16,33H,15H2,(H,30,35)(H,32,34). The number of hydrogen-bond donors (Lipinski definition) is 3. The molecule has 4 aromatic carbocycles. The molecular formula is C27H19ClN4O3. The number of carbonyl (C=O) groups excluding carboxylic acids is 2. The zero-order chi connectivity index (χ0) is 24.8. The summed E-state index contributed by atoms with van der Waals surface area (Å²) in [5.74, 6) is -0.822. The molecule has 0 bridgehead atoms. The number of rotatable bonds is 6. The van der Waals surface area contributed by atoms with Crippen LogP contribution in [0.1, 0.15) is 37.4 Å². The number of nitrogens with zero attached hydrogens (tertiary/aromatic N) is 2. The number of amides is 2. The number of aromatic hydroxyl groups is 1. The topological polar surface area (TPSA) is 115 Å². The van der Waals surface area contributed by atoms with Crippen molar-refractivity contribution in [2.45, 2.75) is 6.54 Å². The Hall–Kier alpha value is -4.67. The Morgan fingerprint density at radius 1 is 0.971 bits per heavy atom. The average Bonchev–Trinajstić information content (AvgIpc) is 2.89. The van der Waals surface area contributed by atoms with Crippen LogP contribution in [0.3, 0.4) is 0 Å². The van der Waals surface area contributed by atoms with Gasteiger partial charge >= 0.3 is 0 Å². The van der Waals surface area contributed by atoms with E-state index in [9.17, 15) is 14.7 Å². The Bertz CT molecular complexity index is 1490. The Labute approximate surface area is 206 Å². The van der Waals surface area contributed by atoms with E-state index in [1.165, 1.54) is 24.4 Å². The maximum atomic E-state index is 12.9. The molecule has 8 heteroatoms. The number of hydrogen-bond acceptors (Lipinski definition) is 5. The second kappa shape index (κ2) is 10.5. The molecule has 0 unspecified atom stereocenters. The average molecular weight is 483 g/mol. The molecule has 7 nitrogen and oxygen atoms in total. The monoisotopic (exact) mass is 482 g/mol. The molecule has 0 aliphatic carbocycles. The third-order valence-electron chi connectivity index (χ3n) is 5.32. The molecule has 0 spiro atoms. The summed E-state index contributed by atoms with van der Waals surface area (Å²) in [5, 5.41) is 26.9. The predicted octanol–water partition coefficient (Wildman–Crippen LogP) is 4.76. The largest absolute Gasteiger partial charge is 0.506 e. The van der Waals surface area contributed by atoms with Crippen molar-refractivity contribution in [2.75, 3.05) is 0 Å². The second-order valence-corrected chi connectivity index (χ2v) is 8.01. The van der Waals surface area contributed by atoms with Crippen LogP contribution in [0.5, 0.6) is 5.75 Å². The molecule has 2 amide bonds. The number of benzene rings is 4. The number of fused-ring (bicyclic) bond motifs is 1. The van der Waals surface area contributed by atoms with Gasteiger partial charge < -0.3 is 10.4 Å². The van der Waals surface area contributed by atoms with Gasteiger partial charge in [0.1, 0.15) is 5.75 Å². The van der Waals surface area contributed by atoms with Crippen molar-refractivity contribution in [1.29, 1.82) is 5.26 Å². The van der Waals surface area contributed by atoms with Crippen molar-refractivity contribution in [2.24, 2.45) is 5.10 Å². The van der Waals surface area contributed by atoms with Crippen molar-refractivity contribution in [1.82, 2.24) is 10.7 Å². The van der Waals surface area contributed by atoms with Crippen LogP contribution in [0.15, 0.2) is 84.0 Å². The fourth-order valence-corrected chi connectivity index (χ4v) is 3.66. The van der Waals surface area contributed by atoms with Gasteiger partial charge in [-0.3, -0.25) is 9.59 Å². The SMILES string of the molecule is N#Cc1ccc(CNC(=O)c2ccc(C=NNC(=O)c3ccc(O)c(Cl)c3)c3ccccc23)cc1. The molecule has 4 rings (SSSR count). The van der Waals surface area contributed by atoms with Crippen LogP contribution in [0.4, 0.5) is 0 Å². The van der Waals surface area contributed by atoms with E-state index >= 15 is 0 Å². The van der Waals surface area contributed by atoms with Crippen LogP contribution in [0, 0.1) is 11.3 Å². The summed E-state index contributed by atoms with van der Waals surface area (Å²) in [5.41, 5.74) is 5.36. The molecule has 172 valence electrons. The molecule has 0 radical (unpaired) electrons. The Morgan fingerprint density at radius 2 is 1.71 bits per heavy atom. The summed E-state index contributed by atoms with van der Waals surface area (Å²) in [4.78, 5) is 25.2. The molecule has 35 heavy (non-hydrogen) atoms. The summed E-state index contributed by atoms with van der Waals surface area (Å²) in [6.07, 6.45) is 1.50. The van der Waals surface area contributed by atoms with E-state index in [4.69, 9.17) is 16.9 Å². The molecule has 4 aromatic rings. The van der Waals surface area contributed by atoms with E-state index in [-0.39, 0.29) is 22.2 Å². The first-order chi connectivity index (χ1) is 17.0. The molecule has 0 fully saturated rings. The maximum Gasteiger partial charge on any atom is 0.271 e. The first kappa shape index (κ1) is 23.5. The number of phenolic OH excluding ortho intramolecular Hbond substituents is 1. The number of nitrogens with one attached hydrogen (secondary N) is 2. The van der Waals surface area contributed by atoms with Crippen LogP contribution in [0.2, 0.25) is 5.02 Å². The lowest BCUT2D eigenvalue weighted by Gasteiger charge is -2.10. The minimum atomic E-state index is -0.480. The quantitative estimate of drug-likeness (QED) is 0.271. The van der Waals surface area contributed by atoms with Crippen LogP contribution < -0.4 is 10.7 Å². The van der Waals surface area contributed by atoms with Crippen molar-refractivity contribution >= 4 is 40.4 Å². The summed E-state index contributed by atoms with van der Waals surface area (Å²) in [7, 11) is 0. The Morgan fingerprint density at radius 3 is 2.43 bits per heavy atom. The van der Waals surface area contributed by atoms with Crippen molar-refractivity contribution < 1.29 is 14.7 Å². The van der Waals surface area contributed by atoms with Gasteiger partial charge in [-0.2, -0.15) is 10.4 Å². The molecule has 0 heterocycles. The van der Waals surface area contributed by atoms with Gasteiger partial charge in [-0.1, -0.05) is 54.1 Å². The van der Waals surface area contributed by atoms with Gasteiger partial charge in [-0.05, 0) is 52.7 Å². The van der Waals surface area contributed by atoms with Gasteiger partial charge in [0.2, 0.25) is 0 Å². The number of halogens is 1. The highest BCUT2D eigenvalue weighted by Crippen LogP contribution is 2.24. The number of nitriles is 1. The molecule has 0 atom stereocenters. The molecule has 0 saturated heterocycles. The lowest BCUT2D eigenvalue weighted by Crippen LogP contribution is -2.23. The minimum absolute atomic E-state index is 0.0701. The van der Waals surface area contributed by atoms with Gasteiger partial charge in [0, 0.05) is 23.2 Å². The normalized spacial score (nSPS) is 10.7. The smallest absolute Gasteiger partial charge is 0.271 e. The summed E-state index contributed by atoms with van der Waals surface area (Å²) < 4.78 is 0. The highest BCUT2D eigenvalue weighted by Gasteiger charge is 2.12. The molecule has 0 aliphatic heterocycles. The third-order valence-corrected chi connectivity index (χ3v) is 5.62. The van der Waals surface area contributed by atoms with Crippen LogP contribution in [-0.2, 0) is 6.54 Å². The summed E-state index contributed by atoms with van der Waals surface area (Å²) >= 11 is 5.85. The zero-order valence-corrected chi connectivity index (χ0v) is 19.1. The first-order valence-electron chi connectivity index (χ1n) is 10.6. The lowest BCUT2D eigenvalue weighted by atomic mass is 9.99. The van der Waals surface area contributed by atoms with Crippen LogP contribution in [0.25, 0.3) is 10.8 Å². The van der Waals surface area contributed by atoms with Gasteiger partial charge in [0.05, 0.1) is 22.9 Å². The zero-order valence-electron chi connectivity index (χ0n) is 18.3. The number of carbonyl (C=O) groups is 2. The van der Waals surface area contributed by atoms with E-state index in [1.54, 1.807) is 36.4 Å². The van der Waals surface area contributed by atoms with Crippen molar-refractivity contribution in [3.05, 3.63) is 112 Å². The molecule has 0 aliphatic rings. The first-order valence-corrected chi connectivity index (χ1v) is 10.9. The Balaban J connectivity index is 1.49. The molecule has 3 N–H and O–H groups in total. The van der Waals surface area contributed by atoms with E-state index in [2.05, 4.69) is 21.9 Å². The van der Waals surface area contributed by atoms with E-state index in [0.717, 1.165) is 16.3 Å². The second-order valence-electron chi connectivity index (χ2n) is 7.60. The number of phenols is 1. The van der Waals surface area contributed by atoms with Crippen molar-refractivity contribution in [3.63, 3.8) is 0 Å². The van der Waals surface area contributed by atoms with E-state index < -0.39 is 5.91 Å². The number of hydrazone groups is 1.